The zero-order valence-corrected chi connectivity index (χ0v) is 13.6. The Morgan fingerprint density at radius 2 is 2.14 bits per heavy atom. The minimum Gasteiger partial charge on any atom is -0.493 e. The number of thiazole rings is 1. The van der Waals surface area contributed by atoms with Crippen molar-refractivity contribution in [3.8, 4) is 11.5 Å². The Hall–Kier alpha value is -1.59. The van der Waals surface area contributed by atoms with E-state index in [0.717, 1.165) is 29.5 Å². The van der Waals surface area contributed by atoms with Crippen molar-refractivity contribution in [1.82, 2.24) is 10.3 Å². The van der Waals surface area contributed by atoms with Crippen molar-refractivity contribution >= 4 is 11.3 Å². The third-order valence-corrected chi connectivity index (χ3v) is 4.13. The molecule has 1 aromatic carbocycles. The summed E-state index contributed by atoms with van der Waals surface area (Å²) in [4.78, 5) is 4.38. The van der Waals surface area contributed by atoms with E-state index in [1.54, 1.807) is 18.4 Å². The first-order valence-electron chi connectivity index (χ1n) is 7.21. The van der Waals surface area contributed by atoms with E-state index in [1.165, 1.54) is 5.56 Å². The van der Waals surface area contributed by atoms with Crippen molar-refractivity contribution in [2.24, 2.45) is 0 Å². The molecule has 1 unspecified atom stereocenters. The number of nitrogens with one attached hydrogen (secondary N) is 1. The number of methoxy groups -OCH3 is 1. The molecule has 1 heterocycles. The van der Waals surface area contributed by atoms with Crippen LogP contribution in [0.1, 0.15) is 36.9 Å². The fourth-order valence-electron chi connectivity index (χ4n) is 2.15. The number of hydrogen-bond acceptors (Lipinski definition) is 5. The lowest BCUT2D eigenvalue weighted by molar-refractivity contribution is 0.310. The topological polar surface area (TPSA) is 43.4 Å². The van der Waals surface area contributed by atoms with E-state index in [9.17, 15) is 0 Å². The summed E-state index contributed by atoms with van der Waals surface area (Å²) in [5.41, 5.74) is 1.17. The molecule has 0 radical (unpaired) electrons. The molecule has 0 saturated carbocycles. The smallest absolute Gasteiger partial charge is 0.161 e. The highest BCUT2D eigenvalue weighted by atomic mass is 32.1. The van der Waals surface area contributed by atoms with Crippen LogP contribution in [0.4, 0.5) is 0 Å². The van der Waals surface area contributed by atoms with Gasteiger partial charge in [0.1, 0.15) is 5.01 Å². The number of rotatable bonds is 8. The van der Waals surface area contributed by atoms with Gasteiger partial charge in [-0.1, -0.05) is 13.0 Å². The molecule has 0 aliphatic carbocycles. The zero-order valence-electron chi connectivity index (χ0n) is 12.8. The monoisotopic (exact) mass is 306 g/mol. The molecule has 114 valence electrons. The van der Waals surface area contributed by atoms with E-state index in [-0.39, 0.29) is 0 Å². The number of benzene rings is 1. The summed E-state index contributed by atoms with van der Waals surface area (Å²) in [7, 11) is 1.67. The molecule has 0 aliphatic rings. The third kappa shape index (κ3) is 4.19. The molecule has 0 bridgehead atoms. The predicted molar refractivity (Wildman–Crippen MR) is 86.1 cm³/mol. The van der Waals surface area contributed by atoms with Gasteiger partial charge in [-0.2, -0.15) is 0 Å². The van der Waals surface area contributed by atoms with Gasteiger partial charge in [0.05, 0.1) is 19.8 Å². The van der Waals surface area contributed by atoms with Gasteiger partial charge in [0.25, 0.3) is 0 Å². The first-order valence-corrected chi connectivity index (χ1v) is 8.08. The van der Waals surface area contributed by atoms with Gasteiger partial charge in [0.2, 0.25) is 0 Å². The van der Waals surface area contributed by atoms with Gasteiger partial charge in [0.15, 0.2) is 11.5 Å². The van der Waals surface area contributed by atoms with Gasteiger partial charge in [-0.05, 0) is 31.0 Å². The van der Waals surface area contributed by atoms with Crippen molar-refractivity contribution in [3.05, 3.63) is 40.3 Å². The van der Waals surface area contributed by atoms with Crippen LogP contribution >= 0.6 is 11.3 Å². The summed E-state index contributed by atoms with van der Waals surface area (Å²) in [6.45, 7) is 5.55. The first kappa shape index (κ1) is 15.8. The number of hydrogen-bond donors (Lipinski definition) is 1. The maximum Gasteiger partial charge on any atom is 0.161 e. The summed E-state index contributed by atoms with van der Waals surface area (Å²) >= 11 is 1.69. The van der Waals surface area contributed by atoms with Gasteiger partial charge < -0.3 is 14.8 Å². The van der Waals surface area contributed by atoms with Gasteiger partial charge in [0, 0.05) is 18.1 Å². The Morgan fingerprint density at radius 3 is 2.76 bits per heavy atom. The van der Waals surface area contributed by atoms with E-state index >= 15 is 0 Å². The lowest BCUT2D eigenvalue weighted by atomic mass is 10.1. The standard InChI is InChI=1S/C16H22N2O2S/c1-4-13(16-17-8-9-21-16)18-11-12-6-7-14(20-5-2)15(10-12)19-3/h6-10,13,18H,4-5,11H2,1-3H3. The van der Waals surface area contributed by atoms with Crippen LogP contribution in [0.25, 0.3) is 0 Å². The van der Waals surface area contributed by atoms with Crippen LogP contribution < -0.4 is 14.8 Å². The van der Waals surface area contributed by atoms with Crippen LogP contribution in [0.5, 0.6) is 11.5 Å². The molecule has 2 aromatic rings. The van der Waals surface area contributed by atoms with Crippen molar-refractivity contribution in [3.63, 3.8) is 0 Å². The molecule has 0 fully saturated rings. The number of aromatic nitrogens is 1. The van der Waals surface area contributed by atoms with Crippen LogP contribution in [-0.2, 0) is 6.54 Å². The van der Waals surface area contributed by atoms with Crippen molar-refractivity contribution in [2.75, 3.05) is 13.7 Å². The Labute approximate surface area is 130 Å². The van der Waals surface area contributed by atoms with Gasteiger partial charge in [-0.25, -0.2) is 4.98 Å². The van der Waals surface area contributed by atoms with E-state index in [2.05, 4.69) is 23.3 Å². The molecule has 0 spiro atoms. The van der Waals surface area contributed by atoms with Crippen LogP contribution in [0.15, 0.2) is 29.8 Å². The predicted octanol–water partition coefficient (Wildman–Crippen LogP) is 3.79. The van der Waals surface area contributed by atoms with E-state index < -0.39 is 0 Å². The van der Waals surface area contributed by atoms with Gasteiger partial charge in [-0.15, -0.1) is 11.3 Å². The molecule has 2 rings (SSSR count). The van der Waals surface area contributed by atoms with Crippen LogP contribution in [0, 0.1) is 0 Å². The molecule has 21 heavy (non-hydrogen) atoms. The maximum absolute atomic E-state index is 5.53. The fraction of sp³-hybridized carbons (Fsp3) is 0.438. The summed E-state index contributed by atoms with van der Waals surface area (Å²) in [5.74, 6) is 1.56. The van der Waals surface area contributed by atoms with E-state index in [4.69, 9.17) is 9.47 Å². The Bertz CT molecular complexity index is 543. The lowest BCUT2D eigenvalue weighted by Crippen LogP contribution is -2.20. The first-order chi connectivity index (χ1) is 10.3. The maximum atomic E-state index is 5.53. The second kappa shape index (κ2) is 8.00. The van der Waals surface area contributed by atoms with Gasteiger partial charge >= 0.3 is 0 Å². The van der Waals surface area contributed by atoms with Gasteiger partial charge in [-0.3, -0.25) is 0 Å². The Balaban J connectivity index is 2.02. The zero-order chi connectivity index (χ0) is 15.1. The summed E-state index contributed by atoms with van der Waals surface area (Å²) in [5, 5.41) is 6.69. The average Bonchev–Trinajstić information content (AvgIpc) is 3.03. The highest BCUT2D eigenvalue weighted by Gasteiger charge is 2.12. The second-order valence-corrected chi connectivity index (χ2v) is 5.56. The quantitative estimate of drug-likeness (QED) is 0.806. The minimum absolute atomic E-state index is 0.294. The Kier molecular flexibility index (Phi) is 6.02. The second-order valence-electron chi connectivity index (χ2n) is 4.63. The molecule has 0 amide bonds. The summed E-state index contributed by atoms with van der Waals surface area (Å²) < 4.78 is 10.9. The molecule has 0 saturated heterocycles. The molecule has 1 N–H and O–H groups in total. The van der Waals surface area contributed by atoms with E-state index in [1.807, 2.05) is 30.6 Å². The lowest BCUT2D eigenvalue weighted by Gasteiger charge is -2.16. The largest absolute Gasteiger partial charge is 0.493 e. The van der Waals surface area contributed by atoms with Crippen molar-refractivity contribution in [2.45, 2.75) is 32.9 Å². The summed E-state index contributed by atoms with van der Waals surface area (Å²) in [6, 6.07) is 6.34. The highest BCUT2D eigenvalue weighted by Crippen LogP contribution is 2.28. The minimum atomic E-state index is 0.294. The van der Waals surface area contributed by atoms with Crippen LogP contribution in [0.2, 0.25) is 0 Å². The van der Waals surface area contributed by atoms with Crippen molar-refractivity contribution < 1.29 is 9.47 Å². The molecule has 0 aliphatic heterocycles. The van der Waals surface area contributed by atoms with Crippen LogP contribution in [0.3, 0.4) is 0 Å². The average molecular weight is 306 g/mol. The normalized spacial score (nSPS) is 12.1. The SMILES string of the molecule is CCOc1ccc(CNC(CC)c2nccs2)cc1OC. The Morgan fingerprint density at radius 1 is 1.29 bits per heavy atom. The molecule has 4 nitrogen and oxygen atoms in total. The number of nitrogens with zero attached hydrogens (tertiary/aromatic N) is 1. The van der Waals surface area contributed by atoms with E-state index in [0.29, 0.717) is 12.6 Å². The molecular weight excluding hydrogens is 284 g/mol. The highest BCUT2D eigenvalue weighted by molar-refractivity contribution is 7.09. The molecule has 1 atom stereocenters. The van der Waals surface area contributed by atoms with Crippen molar-refractivity contribution in [1.29, 1.82) is 0 Å². The fourth-order valence-corrected chi connectivity index (χ4v) is 2.95. The molecule has 1 aromatic heterocycles. The van der Waals surface area contributed by atoms with Crippen LogP contribution in [-0.4, -0.2) is 18.7 Å². The summed E-state index contributed by atoms with van der Waals surface area (Å²) in [6.07, 6.45) is 2.87. The molecular formula is C16H22N2O2S. The third-order valence-electron chi connectivity index (χ3n) is 3.24. The molecule has 5 heteroatoms. The number of ether oxygens (including phenoxy) is 2.